The molecule has 1 heterocycles. The number of nitrogens with one attached hydrogen (secondary N) is 2. The molecule has 100 valence electrons. The fourth-order valence-corrected chi connectivity index (χ4v) is 3.78. The van der Waals surface area contributed by atoms with Gasteiger partial charge in [0.05, 0.1) is 0 Å². The fourth-order valence-electron chi connectivity index (χ4n) is 3.78. The highest BCUT2D eigenvalue weighted by molar-refractivity contribution is 5.79. The highest BCUT2D eigenvalue weighted by Crippen LogP contribution is 2.43. The van der Waals surface area contributed by atoms with Crippen LogP contribution in [0.2, 0.25) is 0 Å². The van der Waals surface area contributed by atoms with E-state index in [0.29, 0.717) is 17.7 Å². The highest BCUT2D eigenvalue weighted by Gasteiger charge is 2.39. The van der Waals surface area contributed by atoms with E-state index in [-0.39, 0.29) is 5.92 Å². The number of rotatable bonds is 4. The van der Waals surface area contributed by atoms with E-state index >= 15 is 0 Å². The predicted molar refractivity (Wildman–Crippen MR) is 72.1 cm³/mol. The molecule has 0 aromatic heterocycles. The molecule has 2 fully saturated rings. The molecule has 0 spiro atoms. The first-order valence-electron chi connectivity index (χ1n) is 7.49. The molecule has 1 saturated heterocycles. The van der Waals surface area contributed by atoms with E-state index in [0.717, 1.165) is 31.8 Å². The number of allylic oxidation sites excluding steroid dienone is 2. The van der Waals surface area contributed by atoms with Crippen molar-refractivity contribution in [3.8, 4) is 0 Å². The number of carbonyl (C=O) groups is 1. The largest absolute Gasteiger partial charge is 0.356 e. The third kappa shape index (κ3) is 2.61. The quantitative estimate of drug-likeness (QED) is 0.744. The van der Waals surface area contributed by atoms with Crippen molar-refractivity contribution in [1.82, 2.24) is 10.6 Å². The van der Waals surface area contributed by atoms with Gasteiger partial charge in [0.25, 0.3) is 0 Å². The number of carbonyl (C=O) groups excluding carboxylic acids is 1. The van der Waals surface area contributed by atoms with Crippen molar-refractivity contribution in [3.63, 3.8) is 0 Å². The van der Waals surface area contributed by atoms with E-state index in [9.17, 15) is 4.79 Å². The molecule has 1 saturated carbocycles. The van der Waals surface area contributed by atoms with Gasteiger partial charge in [-0.1, -0.05) is 12.2 Å². The molecular weight excluding hydrogens is 224 g/mol. The van der Waals surface area contributed by atoms with Crippen LogP contribution in [0.3, 0.4) is 0 Å². The lowest BCUT2D eigenvalue weighted by Crippen LogP contribution is -2.36. The van der Waals surface area contributed by atoms with E-state index in [1.54, 1.807) is 0 Å². The minimum absolute atomic E-state index is 0.268. The van der Waals surface area contributed by atoms with Crippen molar-refractivity contribution in [2.24, 2.45) is 23.7 Å². The molecule has 1 amide bonds. The van der Waals surface area contributed by atoms with Crippen molar-refractivity contribution in [2.75, 3.05) is 19.6 Å². The molecule has 0 aromatic carbocycles. The van der Waals surface area contributed by atoms with Gasteiger partial charge in [0.2, 0.25) is 5.91 Å². The summed E-state index contributed by atoms with van der Waals surface area (Å²) >= 11 is 0. The van der Waals surface area contributed by atoms with Crippen molar-refractivity contribution in [1.29, 1.82) is 0 Å². The molecule has 0 aromatic rings. The van der Waals surface area contributed by atoms with E-state index < -0.39 is 0 Å². The van der Waals surface area contributed by atoms with Crippen LogP contribution >= 0.6 is 0 Å². The molecule has 2 bridgehead atoms. The van der Waals surface area contributed by atoms with Gasteiger partial charge in [0.1, 0.15) is 0 Å². The van der Waals surface area contributed by atoms with Crippen molar-refractivity contribution < 1.29 is 4.79 Å². The van der Waals surface area contributed by atoms with Gasteiger partial charge in [-0.25, -0.2) is 0 Å². The summed E-state index contributed by atoms with van der Waals surface area (Å²) in [5, 5.41) is 6.58. The average molecular weight is 248 g/mol. The maximum Gasteiger partial charge on any atom is 0.223 e. The summed E-state index contributed by atoms with van der Waals surface area (Å²) in [6.45, 7) is 3.16. The van der Waals surface area contributed by atoms with Gasteiger partial charge in [-0.15, -0.1) is 0 Å². The summed E-state index contributed by atoms with van der Waals surface area (Å²) in [6, 6.07) is 0. The van der Waals surface area contributed by atoms with E-state index in [4.69, 9.17) is 0 Å². The van der Waals surface area contributed by atoms with Crippen LogP contribution in [0.25, 0.3) is 0 Å². The van der Waals surface area contributed by atoms with Crippen molar-refractivity contribution >= 4 is 5.91 Å². The second-order valence-corrected chi connectivity index (χ2v) is 6.18. The summed E-state index contributed by atoms with van der Waals surface area (Å²) in [5.41, 5.74) is 0. The van der Waals surface area contributed by atoms with Gasteiger partial charge in [-0.3, -0.25) is 4.79 Å². The molecule has 1 aliphatic heterocycles. The van der Waals surface area contributed by atoms with E-state index in [2.05, 4.69) is 22.8 Å². The molecule has 4 unspecified atom stereocenters. The third-order valence-electron chi connectivity index (χ3n) is 4.87. The van der Waals surface area contributed by atoms with Gasteiger partial charge in [0.15, 0.2) is 0 Å². The molecule has 3 nitrogen and oxygen atoms in total. The minimum Gasteiger partial charge on any atom is -0.356 e. The zero-order valence-corrected chi connectivity index (χ0v) is 11.0. The summed E-state index contributed by atoms with van der Waals surface area (Å²) in [5.74, 6) is 2.55. The second-order valence-electron chi connectivity index (χ2n) is 6.18. The zero-order valence-electron chi connectivity index (χ0n) is 11.0. The molecule has 2 N–H and O–H groups in total. The standard InChI is InChI=1S/C15H24N2O/c18-15(14-9-12-3-4-13(14)8-12)17-7-5-11-2-1-6-16-10-11/h3-4,11-14,16H,1-2,5-10H2,(H,17,18). The SMILES string of the molecule is O=C(NCCC1CCCNC1)C1CC2C=CC1C2. The topological polar surface area (TPSA) is 41.1 Å². The monoisotopic (exact) mass is 248 g/mol. The van der Waals surface area contributed by atoms with E-state index in [1.165, 1.54) is 25.8 Å². The Morgan fingerprint density at radius 1 is 1.33 bits per heavy atom. The van der Waals surface area contributed by atoms with Gasteiger partial charge in [-0.05, 0) is 62.9 Å². The number of piperidine rings is 1. The molecular formula is C15H24N2O. The highest BCUT2D eigenvalue weighted by atomic mass is 16.1. The first-order chi connectivity index (χ1) is 8.83. The molecule has 2 aliphatic carbocycles. The maximum absolute atomic E-state index is 12.1. The Hall–Kier alpha value is -0.830. The second kappa shape index (κ2) is 5.43. The first kappa shape index (κ1) is 12.2. The Labute approximate surface area is 109 Å². The lowest BCUT2D eigenvalue weighted by atomic mass is 9.92. The van der Waals surface area contributed by atoms with Crippen molar-refractivity contribution in [3.05, 3.63) is 12.2 Å². The first-order valence-corrected chi connectivity index (χ1v) is 7.49. The predicted octanol–water partition coefficient (Wildman–Crippen LogP) is 1.70. The van der Waals surface area contributed by atoms with Gasteiger partial charge in [0, 0.05) is 12.5 Å². The lowest BCUT2D eigenvalue weighted by Gasteiger charge is -2.23. The number of amides is 1. The van der Waals surface area contributed by atoms with E-state index in [1.807, 2.05) is 0 Å². The van der Waals surface area contributed by atoms with Crippen LogP contribution in [0.1, 0.15) is 32.1 Å². The minimum atomic E-state index is 0.268. The Morgan fingerprint density at radius 2 is 2.28 bits per heavy atom. The number of fused-ring (bicyclic) bond motifs is 2. The van der Waals surface area contributed by atoms with Crippen LogP contribution in [-0.4, -0.2) is 25.5 Å². The summed E-state index contributed by atoms with van der Waals surface area (Å²) in [6.07, 6.45) is 10.6. The molecule has 4 atom stereocenters. The molecule has 3 rings (SSSR count). The Kier molecular flexibility index (Phi) is 3.69. The van der Waals surface area contributed by atoms with Crippen LogP contribution in [0.15, 0.2) is 12.2 Å². The number of hydrogen-bond donors (Lipinski definition) is 2. The van der Waals surface area contributed by atoms with Gasteiger partial charge >= 0.3 is 0 Å². The normalized spacial score (nSPS) is 38.0. The van der Waals surface area contributed by atoms with Crippen LogP contribution in [-0.2, 0) is 4.79 Å². The Bertz CT molecular complexity index is 333. The van der Waals surface area contributed by atoms with Gasteiger partial charge < -0.3 is 10.6 Å². The van der Waals surface area contributed by atoms with Crippen LogP contribution in [0.5, 0.6) is 0 Å². The smallest absolute Gasteiger partial charge is 0.223 e. The number of hydrogen-bond acceptors (Lipinski definition) is 2. The maximum atomic E-state index is 12.1. The lowest BCUT2D eigenvalue weighted by molar-refractivity contribution is -0.125. The Balaban J connectivity index is 1.38. The summed E-state index contributed by atoms with van der Waals surface area (Å²) < 4.78 is 0. The zero-order chi connectivity index (χ0) is 12.4. The fraction of sp³-hybridized carbons (Fsp3) is 0.800. The molecule has 18 heavy (non-hydrogen) atoms. The van der Waals surface area contributed by atoms with Crippen LogP contribution in [0.4, 0.5) is 0 Å². The van der Waals surface area contributed by atoms with Crippen LogP contribution in [0, 0.1) is 23.7 Å². The summed E-state index contributed by atoms with van der Waals surface area (Å²) in [7, 11) is 0. The van der Waals surface area contributed by atoms with Gasteiger partial charge in [-0.2, -0.15) is 0 Å². The Morgan fingerprint density at radius 3 is 2.94 bits per heavy atom. The average Bonchev–Trinajstić information content (AvgIpc) is 3.02. The molecule has 3 heteroatoms. The molecule has 0 radical (unpaired) electrons. The summed E-state index contributed by atoms with van der Waals surface area (Å²) in [4.78, 5) is 12.1. The molecule has 3 aliphatic rings. The van der Waals surface area contributed by atoms with Crippen molar-refractivity contribution in [2.45, 2.75) is 32.1 Å². The van der Waals surface area contributed by atoms with Crippen LogP contribution < -0.4 is 10.6 Å². The third-order valence-corrected chi connectivity index (χ3v) is 4.87.